The third-order valence-corrected chi connectivity index (χ3v) is 2.48. The van der Waals surface area contributed by atoms with Crippen molar-refractivity contribution < 1.29 is 19.4 Å². The molecule has 0 aliphatic heterocycles. The fraction of sp³-hybridized carbons (Fsp3) is 0.0769. The Kier molecular flexibility index (Phi) is 3.61. The summed E-state index contributed by atoms with van der Waals surface area (Å²) in [5.41, 5.74) is 0.761. The molecule has 0 aliphatic rings. The van der Waals surface area contributed by atoms with E-state index in [-0.39, 0.29) is 11.3 Å². The van der Waals surface area contributed by atoms with E-state index in [1.165, 1.54) is 24.4 Å². The van der Waals surface area contributed by atoms with Gasteiger partial charge in [-0.1, -0.05) is 0 Å². The van der Waals surface area contributed by atoms with Gasteiger partial charge in [-0.15, -0.1) is 0 Å². The molecule has 98 valence electrons. The van der Waals surface area contributed by atoms with E-state index >= 15 is 0 Å². The van der Waals surface area contributed by atoms with Gasteiger partial charge >= 0.3 is 5.97 Å². The Morgan fingerprint density at radius 2 is 2.11 bits per heavy atom. The Bertz CT molecular complexity index is 599. The first-order valence-corrected chi connectivity index (χ1v) is 5.47. The Labute approximate surface area is 108 Å². The van der Waals surface area contributed by atoms with Gasteiger partial charge in [0.2, 0.25) is 0 Å². The molecule has 2 rings (SSSR count). The lowest BCUT2D eigenvalue weighted by atomic mass is 10.2. The van der Waals surface area contributed by atoms with Gasteiger partial charge in [0, 0.05) is 5.69 Å². The predicted molar refractivity (Wildman–Crippen MR) is 66.6 cm³/mol. The van der Waals surface area contributed by atoms with E-state index in [0.29, 0.717) is 17.9 Å². The van der Waals surface area contributed by atoms with Crippen LogP contribution < -0.4 is 5.32 Å². The zero-order chi connectivity index (χ0) is 13.8. The molecule has 0 fully saturated rings. The maximum Gasteiger partial charge on any atom is 0.338 e. The van der Waals surface area contributed by atoms with Gasteiger partial charge in [0.15, 0.2) is 0 Å². The zero-order valence-electron chi connectivity index (χ0n) is 9.80. The number of hydrogen-bond donors (Lipinski definition) is 3. The van der Waals surface area contributed by atoms with Crippen LogP contribution in [0.4, 0.5) is 10.1 Å². The number of carbonyl (C=O) groups is 1. The summed E-state index contributed by atoms with van der Waals surface area (Å²) in [7, 11) is 0. The van der Waals surface area contributed by atoms with Crippen LogP contribution in [0.1, 0.15) is 16.1 Å². The summed E-state index contributed by atoms with van der Waals surface area (Å²) in [6.45, 7) is 0.338. The minimum absolute atomic E-state index is 0.0682. The molecule has 1 heterocycles. The van der Waals surface area contributed by atoms with Crippen molar-refractivity contribution in [3.05, 3.63) is 53.6 Å². The van der Waals surface area contributed by atoms with Gasteiger partial charge in [-0.3, -0.25) is 4.98 Å². The fourth-order valence-electron chi connectivity index (χ4n) is 1.51. The van der Waals surface area contributed by atoms with Crippen LogP contribution in [0.3, 0.4) is 0 Å². The third kappa shape index (κ3) is 3.19. The van der Waals surface area contributed by atoms with E-state index in [4.69, 9.17) is 10.2 Å². The van der Waals surface area contributed by atoms with Crippen LogP contribution in [0.25, 0.3) is 0 Å². The molecule has 0 aliphatic carbocycles. The van der Waals surface area contributed by atoms with Gasteiger partial charge in [-0.25, -0.2) is 9.18 Å². The van der Waals surface area contributed by atoms with Crippen molar-refractivity contribution in [3.63, 3.8) is 0 Å². The van der Waals surface area contributed by atoms with Crippen LogP contribution in [0.2, 0.25) is 0 Å². The summed E-state index contributed by atoms with van der Waals surface area (Å²) < 4.78 is 13.2. The molecule has 0 radical (unpaired) electrons. The Balaban J connectivity index is 2.09. The van der Waals surface area contributed by atoms with Crippen LogP contribution >= 0.6 is 0 Å². The standard InChI is InChI=1S/C13H11FN2O3/c14-12-4-2-8(5-11(12)13(18)19)15-6-9-1-3-10(17)7-16-9/h1-5,7,15,17H,6H2,(H,18,19). The molecule has 0 saturated heterocycles. The topological polar surface area (TPSA) is 82.5 Å². The summed E-state index contributed by atoms with van der Waals surface area (Å²) in [6, 6.07) is 6.89. The number of hydrogen-bond acceptors (Lipinski definition) is 4. The lowest BCUT2D eigenvalue weighted by Crippen LogP contribution is -2.05. The van der Waals surface area contributed by atoms with Gasteiger partial charge in [0.05, 0.1) is 24.0 Å². The Morgan fingerprint density at radius 3 is 2.74 bits per heavy atom. The number of carboxylic acid groups (broad SMARTS) is 1. The number of aromatic carboxylic acids is 1. The highest BCUT2D eigenvalue weighted by Gasteiger charge is 2.10. The molecule has 3 N–H and O–H groups in total. The summed E-state index contributed by atoms with van der Waals surface area (Å²) in [5, 5.41) is 20.8. The number of anilines is 1. The molecule has 0 saturated carbocycles. The smallest absolute Gasteiger partial charge is 0.338 e. The first-order valence-electron chi connectivity index (χ1n) is 5.47. The highest BCUT2D eigenvalue weighted by Crippen LogP contribution is 2.16. The predicted octanol–water partition coefficient (Wildman–Crippen LogP) is 2.24. The van der Waals surface area contributed by atoms with Crippen molar-refractivity contribution in [2.45, 2.75) is 6.54 Å². The van der Waals surface area contributed by atoms with Gasteiger partial charge in [0.1, 0.15) is 11.6 Å². The van der Waals surface area contributed by atoms with E-state index < -0.39 is 11.8 Å². The molecular weight excluding hydrogens is 251 g/mol. The zero-order valence-corrected chi connectivity index (χ0v) is 9.80. The summed E-state index contributed by atoms with van der Waals surface area (Å²) in [4.78, 5) is 14.7. The van der Waals surface area contributed by atoms with Crippen molar-refractivity contribution >= 4 is 11.7 Å². The molecule has 5 nitrogen and oxygen atoms in total. The molecule has 19 heavy (non-hydrogen) atoms. The summed E-state index contributed by atoms with van der Waals surface area (Å²) >= 11 is 0. The monoisotopic (exact) mass is 262 g/mol. The molecule has 1 aromatic heterocycles. The maximum absolute atomic E-state index is 13.2. The highest BCUT2D eigenvalue weighted by molar-refractivity contribution is 5.89. The van der Waals surface area contributed by atoms with Crippen molar-refractivity contribution in [2.24, 2.45) is 0 Å². The summed E-state index contributed by atoms with van der Waals surface area (Å²) in [5.74, 6) is -2.02. The SMILES string of the molecule is O=C(O)c1cc(NCc2ccc(O)cn2)ccc1F. The largest absolute Gasteiger partial charge is 0.506 e. The molecule has 0 amide bonds. The van der Waals surface area contributed by atoms with Crippen LogP contribution in [-0.4, -0.2) is 21.2 Å². The normalized spacial score (nSPS) is 10.2. The van der Waals surface area contributed by atoms with Gasteiger partial charge in [-0.05, 0) is 30.3 Å². The number of nitrogens with zero attached hydrogens (tertiary/aromatic N) is 1. The molecule has 2 aromatic rings. The molecule has 0 spiro atoms. The average Bonchev–Trinajstić information content (AvgIpc) is 2.39. The van der Waals surface area contributed by atoms with Crippen LogP contribution in [0, 0.1) is 5.82 Å². The first-order chi connectivity index (χ1) is 9.06. The van der Waals surface area contributed by atoms with E-state index in [9.17, 15) is 9.18 Å². The minimum Gasteiger partial charge on any atom is -0.506 e. The third-order valence-electron chi connectivity index (χ3n) is 2.48. The van der Waals surface area contributed by atoms with Gasteiger partial charge in [0.25, 0.3) is 0 Å². The second-order valence-electron chi connectivity index (χ2n) is 3.86. The van der Waals surface area contributed by atoms with Crippen LogP contribution in [-0.2, 0) is 6.54 Å². The van der Waals surface area contributed by atoms with Crippen molar-refractivity contribution in [3.8, 4) is 5.75 Å². The number of rotatable bonds is 4. The van der Waals surface area contributed by atoms with E-state index in [1.54, 1.807) is 6.07 Å². The lowest BCUT2D eigenvalue weighted by molar-refractivity contribution is 0.0692. The lowest BCUT2D eigenvalue weighted by Gasteiger charge is -2.07. The van der Waals surface area contributed by atoms with Crippen molar-refractivity contribution in [2.75, 3.05) is 5.32 Å². The number of carboxylic acids is 1. The van der Waals surface area contributed by atoms with Crippen LogP contribution in [0.15, 0.2) is 36.5 Å². The molecule has 6 heteroatoms. The second kappa shape index (κ2) is 5.34. The number of halogens is 1. The maximum atomic E-state index is 13.2. The molecule has 0 atom stereocenters. The molecule has 0 unspecified atom stereocenters. The van der Waals surface area contributed by atoms with Crippen LogP contribution in [0.5, 0.6) is 5.75 Å². The average molecular weight is 262 g/mol. The van der Waals surface area contributed by atoms with Gasteiger partial charge < -0.3 is 15.5 Å². The number of benzene rings is 1. The highest BCUT2D eigenvalue weighted by atomic mass is 19.1. The van der Waals surface area contributed by atoms with Crippen molar-refractivity contribution in [1.82, 2.24) is 4.98 Å². The quantitative estimate of drug-likeness (QED) is 0.787. The fourth-order valence-corrected chi connectivity index (χ4v) is 1.51. The number of nitrogens with one attached hydrogen (secondary N) is 1. The minimum atomic E-state index is -1.32. The summed E-state index contributed by atoms with van der Waals surface area (Å²) in [6.07, 6.45) is 1.31. The number of aromatic nitrogens is 1. The molecular formula is C13H11FN2O3. The van der Waals surface area contributed by atoms with E-state index in [0.717, 1.165) is 6.07 Å². The van der Waals surface area contributed by atoms with E-state index in [1.807, 2.05) is 0 Å². The Morgan fingerprint density at radius 1 is 1.32 bits per heavy atom. The number of pyridine rings is 1. The second-order valence-corrected chi connectivity index (χ2v) is 3.86. The van der Waals surface area contributed by atoms with Gasteiger partial charge in [-0.2, -0.15) is 0 Å². The molecule has 1 aromatic carbocycles. The van der Waals surface area contributed by atoms with E-state index in [2.05, 4.69) is 10.3 Å². The Hall–Kier alpha value is -2.63. The number of aromatic hydroxyl groups is 1. The first kappa shape index (κ1) is 12.8. The molecule has 0 bridgehead atoms. The van der Waals surface area contributed by atoms with Crippen molar-refractivity contribution in [1.29, 1.82) is 0 Å².